The molecule has 0 N–H and O–H groups in total. The minimum atomic E-state index is -1.17. The highest BCUT2D eigenvalue weighted by Gasteiger charge is 2.19. The summed E-state index contributed by atoms with van der Waals surface area (Å²) in [4.78, 5) is 11.5. The van der Waals surface area contributed by atoms with Crippen molar-refractivity contribution < 1.29 is 9.00 Å². The summed E-state index contributed by atoms with van der Waals surface area (Å²) in [6, 6.07) is 8.83. The van der Waals surface area contributed by atoms with Gasteiger partial charge in [-0.3, -0.25) is 9.00 Å². The van der Waals surface area contributed by atoms with Gasteiger partial charge < -0.3 is 0 Å². The van der Waals surface area contributed by atoms with Crippen molar-refractivity contribution in [2.75, 3.05) is 6.26 Å². The second-order valence-electron chi connectivity index (χ2n) is 2.54. The molecule has 13 heavy (non-hydrogen) atoms. The van der Waals surface area contributed by atoms with Gasteiger partial charge in [-0.05, 0) is 0 Å². The number of benzene rings is 1. The van der Waals surface area contributed by atoms with Crippen LogP contribution in [0, 0.1) is 0 Å². The molecule has 0 aromatic heterocycles. The molecule has 2 unspecified atom stereocenters. The van der Waals surface area contributed by atoms with Crippen molar-refractivity contribution in [1.82, 2.24) is 0 Å². The predicted octanol–water partition coefficient (Wildman–Crippen LogP) is 1.97. The number of carbonyl (C=O) groups excluding carboxylic acids is 1. The average molecular weight is 261 g/mol. The number of hydrogen-bond donors (Lipinski definition) is 0. The fraction of sp³-hybridized carbons (Fsp3) is 0.222. The van der Waals surface area contributed by atoms with Crippen LogP contribution in [0.3, 0.4) is 0 Å². The molecule has 0 aliphatic rings. The number of rotatable bonds is 3. The van der Waals surface area contributed by atoms with E-state index in [4.69, 9.17) is 0 Å². The van der Waals surface area contributed by atoms with Crippen LogP contribution in [-0.4, -0.2) is 20.4 Å². The maximum Gasteiger partial charge on any atom is 0.189 e. The van der Waals surface area contributed by atoms with Gasteiger partial charge in [0.05, 0.1) is 0 Å². The zero-order chi connectivity index (χ0) is 9.84. The van der Waals surface area contributed by atoms with Crippen LogP contribution in [0.25, 0.3) is 0 Å². The highest BCUT2D eigenvalue weighted by atomic mass is 79.9. The van der Waals surface area contributed by atoms with Crippen molar-refractivity contribution in [3.05, 3.63) is 35.9 Å². The fourth-order valence-corrected chi connectivity index (χ4v) is 1.59. The van der Waals surface area contributed by atoms with E-state index in [9.17, 15) is 9.00 Å². The summed E-state index contributed by atoms with van der Waals surface area (Å²) in [5.74, 6) is -0.138. The van der Waals surface area contributed by atoms with E-state index in [2.05, 4.69) is 15.9 Å². The van der Waals surface area contributed by atoms with Crippen molar-refractivity contribution in [3.8, 4) is 0 Å². The summed E-state index contributed by atoms with van der Waals surface area (Å²) >= 11 is 3.09. The number of halogens is 1. The van der Waals surface area contributed by atoms with Gasteiger partial charge in [0, 0.05) is 22.6 Å². The zero-order valence-corrected chi connectivity index (χ0v) is 9.47. The molecule has 2 atom stereocenters. The van der Waals surface area contributed by atoms with Crippen LogP contribution < -0.4 is 0 Å². The van der Waals surface area contributed by atoms with Gasteiger partial charge in [0.25, 0.3) is 0 Å². The second kappa shape index (κ2) is 4.67. The van der Waals surface area contributed by atoms with Crippen molar-refractivity contribution in [3.63, 3.8) is 0 Å². The predicted molar refractivity (Wildman–Crippen MR) is 57.6 cm³/mol. The smallest absolute Gasteiger partial charge is 0.189 e. The number of alkyl halides is 1. The molecule has 0 saturated heterocycles. The van der Waals surface area contributed by atoms with Crippen LogP contribution in [0.15, 0.2) is 30.3 Å². The molecule has 0 heterocycles. The molecule has 0 saturated carbocycles. The lowest BCUT2D eigenvalue weighted by atomic mass is 10.2. The first-order chi connectivity index (χ1) is 6.13. The molecule has 0 bridgehead atoms. The van der Waals surface area contributed by atoms with E-state index in [0.717, 1.165) is 0 Å². The minimum Gasteiger partial charge on any atom is -0.292 e. The largest absolute Gasteiger partial charge is 0.292 e. The Balaban J connectivity index is 2.86. The molecule has 1 aromatic rings. The molecule has 0 aliphatic heterocycles. The first kappa shape index (κ1) is 10.6. The van der Waals surface area contributed by atoms with Crippen molar-refractivity contribution in [2.24, 2.45) is 0 Å². The van der Waals surface area contributed by atoms with Crippen molar-refractivity contribution in [2.45, 2.75) is 4.16 Å². The third-order valence-electron chi connectivity index (χ3n) is 1.56. The molecule has 0 amide bonds. The number of Topliss-reactive ketones (excluding diaryl/α,β-unsaturated/α-hetero) is 1. The highest BCUT2D eigenvalue weighted by molar-refractivity contribution is 9.11. The third kappa shape index (κ3) is 2.74. The van der Waals surface area contributed by atoms with E-state index in [1.807, 2.05) is 6.07 Å². The van der Waals surface area contributed by atoms with E-state index < -0.39 is 15.0 Å². The van der Waals surface area contributed by atoms with E-state index in [1.165, 1.54) is 6.26 Å². The van der Waals surface area contributed by atoms with Crippen molar-refractivity contribution >= 4 is 32.5 Å². The second-order valence-corrected chi connectivity index (χ2v) is 5.54. The third-order valence-corrected chi connectivity index (χ3v) is 4.35. The van der Waals surface area contributed by atoms with Gasteiger partial charge in [0.2, 0.25) is 0 Å². The van der Waals surface area contributed by atoms with Gasteiger partial charge in [-0.15, -0.1) is 0 Å². The lowest BCUT2D eigenvalue weighted by Crippen LogP contribution is -2.18. The first-order valence-electron chi connectivity index (χ1n) is 3.68. The van der Waals surface area contributed by atoms with E-state index in [-0.39, 0.29) is 5.78 Å². The number of hydrogen-bond acceptors (Lipinski definition) is 2. The molecule has 0 fully saturated rings. The van der Waals surface area contributed by atoms with Crippen LogP contribution in [0.4, 0.5) is 0 Å². The summed E-state index contributed by atoms with van der Waals surface area (Å²) in [6.07, 6.45) is 1.50. The van der Waals surface area contributed by atoms with Gasteiger partial charge in [0.15, 0.2) is 9.94 Å². The summed E-state index contributed by atoms with van der Waals surface area (Å²) in [6.45, 7) is 0. The molecular weight excluding hydrogens is 252 g/mol. The van der Waals surface area contributed by atoms with Crippen LogP contribution in [0.2, 0.25) is 0 Å². The van der Waals surface area contributed by atoms with E-state index in [1.54, 1.807) is 24.3 Å². The first-order valence-corrected chi connectivity index (χ1v) is 6.22. The lowest BCUT2D eigenvalue weighted by Gasteiger charge is -2.04. The molecule has 0 aliphatic carbocycles. The van der Waals surface area contributed by atoms with Gasteiger partial charge in [0.1, 0.15) is 0 Å². The van der Waals surface area contributed by atoms with Gasteiger partial charge in [-0.1, -0.05) is 46.3 Å². The molecule has 0 radical (unpaired) electrons. The van der Waals surface area contributed by atoms with Crippen LogP contribution in [-0.2, 0) is 10.8 Å². The zero-order valence-electron chi connectivity index (χ0n) is 7.07. The number of carbonyl (C=O) groups is 1. The van der Waals surface area contributed by atoms with Crippen LogP contribution in [0.5, 0.6) is 0 Å². The standard InChI is InChI=1S/C9H9BrO2S/c1-13(12)9(10)8(11)7-5-3-2-4-6-7/h2-6,9H,1H3. The molecule has 1 rings (SSSR count). The maximum absolute atomic E-state index is 11.5. The highest BCUT2D eigenvalue weighted by Crippen LogP contribution is 2.12. The Kier molecular flexibility index (Phi) is 3.81. The van der Waals surface area contributed by atoms with Gasteiger partial charge >= 0.3 is 0 Å². The Morgan fingerprint density at radius 1 is 1.38 bits per heavy atom. The average Bonchev–Trinajstić information content (AvgIpc) is 2.17. The summed E-state index contributed by atoms with van der Waals surface area (Å²) < 4.78 is 10.4. The van der Waals surface area contributed by atoms with Gasteiger partial charge in [-0.25, -0.2) is 0 Å². The normalized spacial score (nSPS) is 14.9. The Hall–Kier alpha value is -0.480. The molecule has 70 valence electrons. The van der Waals surface area contributed by atoms with Crippen molar-refractivity contribution in [1.29, 1.82) is 0 Å². The summed E-state index contributed by atoms with van der Waals surface area (Å²) in [7, 11) is -1.17. The monoisotopic (exact) mass is 260 g/mol. The summed E-state index contributed by atoms with van der Waals surface area (Å²) in [5.41, 5.74) is 0.583. The van der Waals surface area contributed by atoms with Crippen LogP contribution in [0.1, 0.15) is 10.4 Å². The Bertz CT molecular complexity index is 324. The molecular formula is C9H9BrO2S. The fourth-order valence-electron chi connectivity index (χ4n) is 0.884. The maximum atomic E-state index is 11.5. The van der Waals surface area contributed by atoms with E-state index in [0.29, 0.717) is 5.56 Å². The van der Waals surface area contributed by atoms with Gasteiger partial charge in [-0.2, -0.15) is 0 Å². The minimum absolute atomic E-state index is 0.138. The Labute approximate surface area is 87.9 Å². The lowest BCUT2D eigenvalue weighted by molar-refractivity contribution is 0.101. The van der Waals surface area contributed by atoms with E-state index >= 15 is 0 Å². The number of ketones is 1. The van der Waals surface area contributed by atoms with Crippen LogP contribution >= 0.6 is 15.9 Å². The molecule has 1 aromatic carbocycles. The molecule has 4 heteroatoms. The summed E-state index contributed by atoms with van der Waals surface area (Å²) in [5, 5.41) is 0. The Morgan fingerprint density at radius 2 is 1.92 bits per heavy atom. The SMILES string of the molecule is CS(=O)C(Br)C(=O)c1ccccc1. The molecule has 0 spiro atoms. The quantitative estimate of drug-likeness (QED) is 0.615. The topological polar surface area (TPSA) is 34.1 Å². The Morgan fingerprint density at radius 3 is 2.38 bits per heavy atom. The molecule has 2 nitrogen and oxygen atoms in total.